The first kappa shape index (κ1) is 16.2. The molecule has 1 heterocycles. The molecule has 2 N–H and O–H groups in total. The molecule has 0 aromatic carbocycles. The van der Waals surface area contributed by atoms with Gasteiger partial charge in [-0.1, -0.05) is 0 Å². The summed E-state index contributed by atoms with van der Waals surface area (Å²) in [4.78, 5) is 23.1. The van der Waals surface area contributed by atoms with Crippen molar-refractivity contribution >= 4 is 22.1 Å². The van der Waals surface area contributed by atoms with Gasteiger partial charge in [0.2, 0.25) is 0 Å². The first-order valence-electron chi connectivity index (χ1n) is 7.03. The van der Waals surface area contributed by atoms with Crippen molar-refractivity contribution in [1.82, 2.24) is 9.03 Å². The molecule has 21 heavy (non-hydrogen) atoms. The van der Waals surface area contributed by atoms with Crippen LogP contribution in [0, 0.1) is 0 Å². The fraction of sp³-hybridized carbons (Fsp3) is 0.833. The molecule has 0 bridgehead atoms. The van der Waals surface area contributed by atoms with Crippen molar-refractivity contribution in [3.8, 4) is 0 Å². The second-order valence-corrected chi connectivity index (χ2v) is 6.99. The number of esters is 1. The first-order chi connectivity index (χ1) is 9.82. The van der Waals surface area contributed by atoms with Gasteiger partial charge in [-0.3, -0.25) is 9.59 Å². The van der Waals surface area contributed by atoms with Crippen LogP contribution in [0.3, 0.4) is 0 Å². The summed E-state index contributed by atoms with van der Waals surface area (Å²) in [7, 11) is -4.03. The lowest BCUT2D eigenvalue weighted by Crippen LogP contribution is -2.62. The number of hydrogen-bond donors (Lipinski definition) is 2. The zero-order chi connectivity index (χ0) is 15.7. The molecule has 0 radical (unpaired) electrons. The molecule has 1 aliphatic carbocycles. The number of carboxylic acid groups (broad SMARTS) is 1. The highest BCUT2D eigenvalue weighted by molar-refractivity contribution is 7.87. The van der Waals surface area contributed by atoms with Crippen LogP contribution in [-0.4, -0.2) is 54.5 Å². The van der Waals surface area contributed by atoms with Gasteiger partial charge in [0.25, 0.3) is 10.2 Å². The summed E-state index contributed by atoms with van der Waals surface area (Å²) in [6.07, 6.45) is 2.12. The summed E-state index contributed by atoms with van der Waals surface area (Å²) < 4.78 is 33.0. The highest BCUT2D eigenvalue weighted by Gasteiger charge is 2.50. The van der Waals surface area contributed by atoms with Crippen molar-refractivity contribution in [2.24, 2.45) is 0 Å². The molecule has 0 aromatic rings. The van der Waals surface area contributed by atoms with Crippen LogP contribution in [0.25, 0.3) is 0 Å². The molecule has 1 saturated carbocycles. The minimum absolute atomic E-state index is 0.176. The van der Waals surface area contributed by atoms with E-state index in [1.54, 1.807) is 6.92 Å². The Balaban J connectivity index is 2.15. The van der Waals surface area contributed by atoms with Crippen LogP contribution in [0.5, 0.6) is 0 Å². The smallest absolute Gasteiger partial charge is 0.324 e. The van der Waals surface area contributed by atoms with Gasteiger partial charge in [-0.25, -0.2) is 0 Å². The Hall–Kier alpha value is -1.19. The van der Waals surface area contributed by atoms with Crippen LogP contribution in [-0.2, 0) is 24.5 Å². The predicted octanol–water partition coefficient (Wildman–Crippen LogP) is -0.144. The maximum atomic E-state index is 12.4. The Morgan fingerprint density at radius 2 is 2.05 bits per heavy atom. The Bertz CT molecular complexity index is 528. The third-order valence-corrected chi connectivity index (χ3v) is 5.72. The molecule has 9 heteroatoms. The number of hydrogen-bond acceptors (Lipinski definition) is 5. The number of carbonyl (C=O) groups excluding carboxylic acids is 1. The lowest BCUT2D eigenvalue weighted by Gasteiger charge is -2.39. The van der Waals surface area contributed by atoms with Crippen LogP contribution in [0.1, 0.15) is 39.0 Å². The highest BCUT2D eigenvalue weighted by Crippen LogP contribution is 2.34. The van der Waals surface area contributed by atoms with E-state index in [0.717, 1.165) is 4.31 Å². The van der Waals surface area contributed by atoms with Gasteiger partial charge in [0, 0.05) is 6.54 Å². The zero-order valence-corrected chi connectivity index (χ0v) is 12.7. The van der Waals surface area contributed by atoms with Crippen molar-refractivity contribution in [3.63, 3.8) is 0 Å². The average molecular weight is 320 g/mol. The molecule has 2 aliphatic rings. The molecular formula is C12H20N2O6S. The molecule has 8 nitrogen and oxygen atoms in total. The maximum absolute atomic E-state index is 12.4. The number of nitrogens with one attached hydrogen (secondary N) is 1. The fourth-order valence-corrected chi connectivity index (χ4v) is 4.50. The normalized spacial score (nSPS) is 25.3. The first-order valence-corrected chi connectivity index (χ1v) is 8.47. The average Bonchev–Trinajstić information content (AvgIpc) is 2.83. The van der Waals surface area contributed by atoms with Crippen molar-refractivity contribution in [2.45, 2.75) is 50.6 Å². The molecule has 1 atom stereocenters. The summed E-state index contributed by atoms with van der Waals surface area (Å²) in [6.45, 7) is 2.02. The quantitative estimate of drug-likeness (QED) is 0.658. The minimum Gasteiger partial charge on any atom is -0.480 e. The maximum Gasteiger partial charge on any atom is 0.324 e. The lowest BCUT2D eigenvalue weighted by molar-refractivity contribution is -0.147. The standard InChI is InChI=1S/C12H20N2O6S/c1-2-20-10(15)9-5-3-8-14(9)21(18,19)13-12(11(16)17)6-4-7-12/h9,13H,2-8H2,1H3,(H,16,17). The number of ether oxygens (including phenoxy) is 1. The molecule has 2 rings (SSSR count). The second-order valence-electron chi connectivity index (χ2n) is 5.37. The predicted molar refractivity (Wildman–Crippen MR) is 72.6 cm³/mol. The molecule has 0 aromatic heterocycles. The molecule has 1 unspecified atom stereocenters. The molecule has 1 aliphatic heterocycles. The third kappa shape index (κ3) is 3.04. The van der Waals surface area contributed by atoms with E-state index in [-0.39, 0.29) is 26.0 Å². The Kier molecular flexibility index (Phi) is 4.54. The molecule has 120 valence electrons. The van der Waals surface area contributed by atoms with Crippen molar-refractivity contribution in [1.29, 1.82) is 0 Å². The Morgan fingerprint density at radius 3 is 2.52 bits per heavy atom. The third-order valence-electron chi connectivity index (χ3n) is 4.01. The molecule has 0 amide bonds. The number of carboxylic acids is 1. The zero-order valence-electron chi connectivity index (χ0n) is 11.9. The van der Waals surface area contributed by atoms with Gasteiger partial charge in [-0.2, -0.15) is 17.4 Å². The van der Waals surface area contributed by atoms with E-state index in [1.165, 1.54) is 0 Å². The van der Waals surface area contributed by atoms with E-state index in [0.29, 0.717) is 19.3 Å². The lowest BCUT2D eigenvalue weighted by atomic mass is 9.78. The van der Waals surface area contributed by atoms with E-state index in [4.69, 9.17) is 4.74 Å². The van der Waals surface area contributed by atoms with Gasteiger partial charge in [0.05, 0.1) is 6.61 Å². The number of carbonyl (C=O) groups is 2. The fourth-order valence-electron chi connectivity index (χ4n) is 2.70. The summed E-state index contributed by atoms with van der Waals surface area (Å²) in [6, 6.07) is -0.867. The number of nitrogens with zero attached hydrogens (tertiary/aromatic N) is 1. The Morgan fingerprint density at radius 1 is 1.38 bits per heavy atom. The van der Waals surface area contributed by atoms with Crippen molar-refractivity contribution in [3.05, 3.63) is 0 Å². The van der Waals surface area contributed by atoms with Gasteiger partial charge < -0.3 is 9.84 Å². The van der Waals surface area contributed by atoms with E-state index in [2.05, 4.69) is 4.72 Å². The van der Waals surface area contributed by atoms with Crippen LogP contribution < -0.4 is 4.72 Å². The van der Waals surface area contributed by atoms with Crippen LogP contribution >= 0.6 is 0 Å². The highest BCUT2D eigenvalue weighted by atomic mass is 32.2. The Labute approximate surface area is 123 Å². The van der Waals surface area contributed by atoms with E-state index in [9.17, 15) is 23.1 Å². The van der Waals surface area contributed by atoms with Crippen molar-refractivity contribution in [2.75, 3.05) is 13.2 Å². The van der Waals surface area contributed by atoms with Crippen LogP contribution in [0.4, 0.5) is 0 Å². The van der Waals surface area contributed by atoms with Gasteiger partial charge in [0.15, 0.2) is 0 Å². The largest absolute Gasteiger partial charge is 0.480 e. The topological polar surface area (TPSA) is 113 Å². The second kappa shape index (κ2) is 5.90. The molecule has 0 spiro atoms. The van der Waals surface area contributed by atoms with Crippen molar-refractivity contribution < 1.29 is 27.9 Å². The summed E-state index contributed by atoms with van der Waals surface area (Å²) in [5.74, 6) is -1.76. The SMILES string of the molecule is CCOC(=O)C1CCCN1S(=O)(=O)NC1(C(=O)O)CCC1. The summed E-state index contributed by atoms with van der Waals surface area (Å²) in [5.41, 5.74) is -1.43. The molecule has 2 fully saturated rings. The van der Waals surface area contributed by atoms with E-state index >= 15 is 0 Å². The van der Waals surface area contributed by atoms with E-state index < -0.39 is 33.7 Å². The van der Waals surface area contributed by atoms with Gasteiger partial charge in [-0.05, 0) is 39.0 Å². The summed E-state index contributed by atoms with van der Waals surface area (Å²) >= 11 is 0. The summed E-state index contributed by atoms with van der Waals surface area (Å²) in [5, 5.41) is 9.21. The minimum atomic E-state index is -4.03. The van der Waals surface area contributed by atoms with Gasteiger partial charge in [0.1, 0.15) is 11.6 Å². The molecule has 1 saturated heterocycles. The number of rotatable bonds is 6. The van der Waals surface area contributed by atoms with E-state index in [1.807, 2.05) is 0 Å². The van der Waals surface area contributed by atoms with Gasteiger partial charge in [-0.15, -0.1) is 0 Å². The van der Waals surface area contributed by atoms with Crippen LogP contribution in [0.2, 0.25) is 0 Å². The monoisotopic (exact) mass is 320 g/mol. The number of aliphatic carboxylic acids is 1. The molecular weight excluding hydrogens is 300 g/mol. The van der Waals surface area contributed by atoms with Gasteiger partial charge >= 0.3 is 11.9 Å². The van der Waals surface area contributed by atoms with Crippen LogP contribution in [0.15, 0.2) is 0 Å².